The molecule has 0 radical (unpaired) electrons. The summed E-state index contributed by atoms with van der Waals surface area (Å²) >= 11 is 0. The third kappa shape index (κ3) is 4.15. The molecule has 6 nitrogen and oxygen atoms in total. The van der Waals surface area contributed by atoms with E-state index in [0.717, 1.165) is 0 Å². The second-order valence-corrected chi connectivity index (χ2v) is 9.01. The lowest BCUT2D eigenvalue weighted by atomic mass is 10.1. The Balaban J connectivity index is 1.78. The van der Waals surface area contributed by atoms with Crippen molar-refractivity contribution >= 4 is 19.2 Å². The third-order valence-electron chi connectivity index (χ3n) is 4.93. The average molecular weight is 437 g/mol. The number of amides is 1. The van der Waals surface area contributed by atoms with Crippen LogP contribution in [0.15, 0.2) is 78.9 Å². The van der Waals surface area contributed by atoms with Crippen molar-refractivity contribution in [3.8, 4) is 11.5 Å². The molecule has 160 valence electrons. The SMILES string of the molecule is CCOP(=O)(OCC)C1c2ccccc2C(=O)N1c1cccc(Oc2ccccc2)c1. The van der Waals surface area contributed by atoms with Gasteiger partial charge in [0.15, 0.2) is 5.78 Å². The molecule has 0 aliphatic carbocycles. The fraction of sp³-hybridized carbons (Fsp3) is 0.208. The van der Waals surface area contributed by atoms with Gasteiger partial charge in [-0.15, -0.1) is 0 Å². The molecule has 1 heterocycles. The monoisotopic (exact) mass is 437 g/mol. The molecule has 0 saturated carbocycles. The van der Waals surface area contributed by atoms with Crippen LogP contribution in [0.4, 0.5) is 5.69 Å². The molecule has 0 aromatic heterocycles. The van der Waals surface area contributed by atoms with Crippen molar-refractivity contribution in [3.05, 3.63) is 90.0 Å². The van der Waals surface area contributed by atoms with Crippen molar-refractivity contribution in [2.75, 3.05) is 18.1 Å². The van der Waals surface area contributed by atoms with E-state index in [-0.39, 0.29) is 19.1 Å². The molecule has 0 saturated heterocycles. The Bertz CT molecular complexity index is 1110. The van der Waals surface area contributed by atoms with Gasteiger partial charge in [0.05, 0.1) is 13.2 Å². The van der Waals surface area contributed by atoms with Crippen LogP contribution in [0.2, 0.25) is 0 Å². The van der Waals surface area contributed by atoms with Crippen LogP contribution < -0.4 is 9.64 Å². The molecular weight excluding hydrogens is 413 g/mol. The standard InChI is InChI=1S/C24H24NO5P/c1-3-28-31(27,29-4-2)24-22-16-9-8-15-21(22)23(26)25(24)18-11-10-14-20(17-18)30-19-12-6-5-7-13-19/h5-17,24H,3-4H2,1-2H3. The molecule has 0 bridgehead atoms. The predicted molar refractivity (Wildman–Crippen MR) is 120 cm³/mol. The summed E-state index contributed by atoms with van der Waals surface area (Å²) in [6.07, 6.45) is 0. The van der Waals surface area contributed by atoms with Gasteiger partial charge in [-0.25, -0.2) is 0 Å². The van der Waals surface area contributed by atoms with Crippen molar-refractivity contribution in [1.82, 2.24) is 0 Å². The van der Waals surface area contributed by atoms with Gasteiger partial charge >= 0.3 is 7.60 Å². The summed E-state index contributed by atoms with van der Waals surface area (Å²) in [7, 11) is -3.68. The quantitative estimate of drug-likeness (QED) is 0.381. The number of hydrogen-bond acceptors (Lipinski definition) is 5. The van der Waals surface area contributed by atoms with E-state index in [1.807, 2.05) is 42.5 Å². The van der Waals surface area contributed by atoms with Gasteiger partial charge in [0.25, 0.3) is 5.91 Å². The van der Waals surface area contributed by atoms with Crippen molar-refractivity contribution < 1.29 is 23.1 Å². The highest BCUT2D eigenvalue weighted by molar-refractivity contribution is 7.54. The maximum absolute atomic E-state index is 13.8. The molecule has 0 spiro atoms. The van der Waals surface area contributed by atoms with Crippen LogP contribution in [0.1, 0.15) is 35.6 Å². The Labute approximate surface area is 181 Å². The summed E-state index contributed by atoms with van der Waals surface area (Å²) in [4.78, 5) is 14.9. The zero-order valence-corrected chi connectivity index (χ0v) is 18.3. The Morgan fingerprint density at radius 2 is 1.48 bits per heavy atom. The van der Waals surface area contributed by atoms with E-state index in [2.05, 4.69) is 0 Å². The summed E-state index contributed by atoms with van der Waals surface area (Å²) in [5.74, 6) is 0.121. The third-order valence-corrected chi connectivity index (χ3v) is 7.27. The van der Waals surface area contributed by atoms with E-state index >= 15 is 0 Å². The van der Waals surface area contributed by atoms with E-state index < -0.39 is 13.4 Å². The molecule has 1 aliphatic heterocycles. The lowest BCUT2D eigenvalue weighted by Crippen LogP contribution is -2.29. The van der Waals surface area contributed by atoms with Crippen LogP contribution in [0.3, 0.4) is 0 Å². The number of rotatable bonds is 8. The normalized spacial score (nSPS) is 15.7. The zero-order chi connectivity index (χ0) is 21.8. The number of nitrogens with zero attached hydrogens (tertiary/aromatic N) is 1. The Kier molecular flexibility index (Phi) is 6.23. The minimum atomic E-state index is -3.68. The highest BCUT2D eigenvalue weighted by Crippen LogP contribution is 2.65. The largest absolute Gasteiger partial charge is 0.457 e. The minimum absolute atomic E-state index is 0.204. The molecule has 3 aromatic carbocycles. The number of fused-ring (bicyclic) bond motifs is 1. The fourth-order valence-electron chi connectivity index (χ4n) is 3.73. The molecular formula is C24H24NO5P. The van der Waals surface area contributed by atoms with Crippen LogP contribution in [-0.2, 0) is 13.6 Å². The number of benzene rings is 3. The van der Waals surface area contributed by atoms with Crippen LogP contribution >= 0.6 is 7.60 Å². The van der Waals surface area contributed by atoms with Gasteiger partial charge in [-0.1, -0.05) is 42.5 Å². The van der Waals surface area contributed by atoms with Gasteiger partial charge in [0.1, 0.15) is 11.5 Å². The van der Waals surface area contributed by atoms with Crippen molar-refractivity contribution in [1.29, 1.82) is 0 Å². The molecule has 7 heteroatoms. The summed E-state index contributed by atoms with van der Waals surface area (Å²) in [5.41, 5.74) is 1.67. The second kappa shape index (κ2) is 9.06. The van der Waals surface area contributed by atoms with E-state index in [0.29, 0.717) is 28.3 Å². The topological polar surface area (TPSA) is 65.1 Å². The number of anilines is 1. The smallest absolute Gasteiger partial charge is 0.357 e. The molecule has 1 unspecified atom stereocenters. The molecule has 0 N–H and O–H groups in total. The van der Waals surface area contributed by atoms with Crippen LogP contribution in [0, 0.1) is 0 Å². The van der Waals surface area contributed by atoms with E-state index in [4.69, 9.17) is 13.8 Å². The van der Waals surface area contributed by atoms with Gasteiger partial charge in [0.2, 0.25) is 0 Å². The maximum atomic E-state index is 13.8. The Hall–Kier alpha value is -2.92. The first kappa shape index (κ1) is 21.3. The summed E-state index contributed by atoms with van der Waals surface area (Å²) in [5, 5.41) is 0. The Morgan fingerprint density at radius 1 is 0.839 bits per heavy atom. The molecule has 31 heavy (non-hydrogen) atoms. The van der Waals surface area contributed by atoms with Gasteiger partial charge in [-0.3, -0.25) is 14.3 Å². The van der Waals surface area contributed by atoms with E-state index in [1.165, 1.54) is 4.90 Å². The number of para-hydroxylation sites is 1. The highest BCUT2D eigenvalue weighted by atomic mass is 31.2. The molecule has 3 aromatic rings. The number of carbonyl (C=O) groups excluding carboxylic acids is 1. The summed E-state index contributed by atoms with van der Waals surface area (Å²) in [6, 6.07) is 23.7. The van der Waals surface area contributed by atoms with Crippen molar-refractivity contribution in [2.24, 2.45) is 0 Å². The molecule has 4 rings (SSSR count). The van der Waals surface area contributed by atoms with Gasteiger partial charge in [0, 0.05) is 17.3 Å². The zero-order valence-electron chi connectivity index (χ0n) is 17.4. The van der Waals surface area contributed by atoms with Gasteiger partial charge in [-0.2, -0.15) is 0 Å². The minimum Gasteiger partial charge on any atom is -0.457 e. The number of carbonyl (C=O) groups is 1. The van der Waals surface area contributed by atoms with Crippen LogP contribution in [-0.4, -0.2) is 19.1 Å². The molecule has 0 fully saturated rings. The fourth-order valence-corrected chi connectivity index (χ4v) is 5.89. The predicted octanol–water partition coefficient (Wildman–Crippen LogP) is 6.40. The molecule has 1 amide bonds. The highest BCUT2D eigenvalue weighted by Gasteiger charge is 2.50. The van der Waals surface area contributed by atoms with E-state index in [1.54, 1.807) is 50.2 Å². The number of hydrogen-bond donors (Lipinski definition) is 0. The lowest BCUT2D eigenvalue weighted by molar-refractivity contribution is 0.0990. The van der Waals surface area contributed by atoms with E-state index in [9.17, 15) is 9.36 Å². The first-order chi connectivity index (χ1) is 15.1. The van der Waals surface area contributed by atoms with Crippen LogP contribution in [0.25, 0.3) is 0 Å². The summed E-state index contributed by atoms with van der Waals surface area (Å²) < 4.78 is 31.0. The maximum Gasteiger partial charge on any atom is 0.357 e. The summed E-state index contributed by atoms with van der Waals surface area (Å²) in [6.45, 7) is 3.92. The Morgan fingerprint density at radius 3 is 2.19 bits per heavy atom. The molecule has 1 atom stereocenters. The van der Waals surface area contributed by atoms with Crippen LogP contribution in [0.5, 0.6) is 11.5 Å². The lowest BCUT2D eigenvalue weighted by Gasteiger charge is -2.31. The van der Waals surface area contributed by atoms with Gasteiger partial charge < -0.3 is 13.8 Å². The average Bonchev–Trinajstić information content (AvgIpc) is 3.08. The molecule has 1 aliphatic rings. The van der Waals surface area contributed by atoms with Crippen molar-refractivity contribution in [2.45, 2.75) is 19.6 Å². The van der Waals surface area contributed by atoms with Crippen molar-refractivity contribution in [3.63, 3.8) is 0 Å². The first-order valence-electron chi connectivity index (χ1n) is 10.2. The van der Waals surface area contributed by atoms with Gasteiger partial charge in [-0.05, 0) is 49.7 Å². The number of ether oxygens (including phenoxy) is 1. The second-order valence-electron chi connectivity index (χ2n) is 6.92. The first-order valence-corrected chi connectivity index (χ1v) is 11.8.